The lowest BCUT2D eigenvalue weighted by Gasteiger charge is -2.34. The molecule has 1 rings (SSSR count). The van der Waals surface area contributed by atoms with Crippen molar-refractivity contribution in [2.45, 2.75) is 26.2 Å². The molecule has 0 unspecified atom stereocenters. The molecule has 0 atom stereocenters. The summed E-state index contributed by atoms with van der Waals surface area (Å²) in [6.07, 6.45) is 2.78. The molecule has 0 aromatic carbocycles. The number of rotatable bonds is 3. The van der Waals surface area contributed by atoms with Gasteiger partial charge >= 0.3 is 0 Å². The minimum atomic E-state index is -0.101. The van der Waals surface area contributed by atoms with Crippen LogP contribution in [0.15, 0.2) is 0 Å². The Balaban J connectivity index is 2.27. The molecule has 1 N–H and O–H groups in total. The normalized spacial score (nSPS) is 22.5. The summed E-state index contributed by atoms with van der Waals surface area (Å²) in [6.45, 7) is 5.29. The fourth-order valence-corrected chi connectivity index (χ4v) is 1.68. The SMILES string of the molecule is CC1(C#N)CCN(CCCO)CC1. The van der Waals surface area contributed by atoms with E-state index in [0.29, 0.717) is 0 Å². The zero-order valence-corrected chi connectivity index (χ0v) is 8.29. The number of piperidine rings is 1. The van der Waals surface area contributed by atoms with E-state index in [1.54, 1.807) is 0 Å². The van der Waals surface area contributed by atoms with Crippen LogP contribution in [-0.4, -0.2) is 36.2 Å². The Morgan fingerprint density at radius 2 is 2.08 bits per heavy atom. The molecule has 1 aliphatic heterocycles. The molecule has 74 valence electrons. The van der Waals surface area contributed by atoms with Gasteiger partial charge < -0.3 is 10.0 Å². The predicted molar refractivity (Wildman–Crippen MR) is 51.1 cm³/mol. The highest BCUT2D eigenvalue weighted by Crippen LogP contribution is 2.29. The van der Waals surface area contributed by atoms with Crippen LogP contribution in [0.1, 0.15) is 26.2 Å². The zero-order chi connectivity index (χ0) is 9.73. The summed E-state index contributed by atoms with van der Waals surface area (Å²) in [7, 11) is 0. The van der Waals surface area contributed by atoms with Crippen molar-refractivity contribution in [2.75, 3.05) is 26.2 Å². The first kappa shape index (κ1) is 10.5. The van der Waals surface area contributed by atoms with Gasteiger partial charge in [-0.3, -0.25) is 0 Å². The van der Waals surface area contributed by atoms with Gasteiger partial charge in [-0.15, -0.1) is 0 Å². The maximum atomic E-state index is 8.90. The third-order valence-corrected chi connectivity index (χ3v) is 2.86. The molecule has 1 fully saturated rings. The van der Waals surface area contributed by atoms with E-state index in [2.05, 4.69) is 11.0 Å². The second-order valence-corrected chi connectivity index (χ2v) is 4.09. The highest BCUT2D eigenvalue weighted by Gasteiger charge is 2.29. The van der Waals surface area contributed by atoms with Crippen LogP contribution in [0.25, 0.3) is 0 Å². The third kappa shape index (κ3) is 2.98. The molecule has 1 aliphatic rings. The van der Waals surface area contributed by atoms with Gasteiger partial charge in [0.25, 0.3) is 0 Å². The van der Waals surface area contributed by atoms with Crippen LogP contribution >= 0.6 is 0 Å². The minimum absolute atomic E-state index is 0.101. The maximum Gasteiger partial charge on any atom is 0.0687 e. The molecule has 3 heteroatoms. The second kappa shape index (κ2) is 4.59. The highest BCUT2D eigenvalue weighted by atomic mass is 16.3. The lowest BCUT2D eigenvalue weighted by atomic mass is 9.82. The smallest absolute Gasteiger partial charge is 0.0687 e. The summed E-state index contributed by atoms with van der Waals surface area (Å²) in [5.74, 6) is 0. The number of nitriles is 1. The summed E-state index contributed by atoms with van der Waals surface area (Å²) in [5, 5.41) is 17.6. The molecule has 0 bridgehead atoms. The minimum Gasteiger partial charge on any atom is -0.396 e. The van der Waals surface area contributed by atoms with Gasteiger partial charge in [-0.05, 0) is 39.3 Å². The molecule has 0 aromatic heterocycles. The van der Waals surface area contributed by atoms with Crippen LogP contribution < -0.4 is 0 Å². The van der Waals surface area contributed by atoms with Crippen molar-refractivity contribution in [1.82, 2.24) is 4.90 Å². The lowest BCUT2D eigenvalue weighted by Crippen LogP contribution is -2.38. The molecule has 0 radical (unpaired) electrons. The summed E-state index contributed by atoms with van der Waals surface area (Å²) in [5.41, 5.74) is -0.101. The van der Waals surface area contributed by atoms with Gasteiger partial charge in [0.1, 0.15) is 0 Å². The maximum absolute atomic E-state index is 8.90. The van der Waals surface area contributed by atoms with E-state index in [0.717, 1.165) is 38.9 Å². The van der Waals surface area contributed by atoms with E-state index >= 15 is 0 Å². The number of hydrogen-bond donors (Lipinski definition) is 1. The van der Waals surface area contributed by atoms with Gasteiger partial charge in [-0.1, -0.05) is 0 Å². The first-order chi connectivity index (χ1) is 6.20. The topological polar surface area (TPSA) is 47.3 Å². The van der Waals surface area contributed by atoms with Crippen LogP contribution in [0, 0.1) is 16.7 Å². The van der Waals surface area contributed by atoms with Crippen LogP contribution in [0.4, 0.5) is 0 Å². The summed E-state index contributed by atoms with van der Waals surface area (Å²) in [6, 6.07) is 2.38. The predicted octanol–water partition coefficient (Wildman–Crippen LogP) is 0.994. The largest absolute Gasteiger partial charge is 0.396 e. The standard InChI is InChI=1S/C10H18N2O/c1-10(9-11)3-6-12(7-4-10)5-2-8-13/h13H,2-8H2,1H3. The number of likely N-dealkylation sites (tertiary alicyclic amines) is 1. The average molecular weight is 182 g/mol. The van der Waals surface area contributed by atoms with Crippen LogP contribution in [0.2, 0.25) is 0 Å². The van der Waals surface area contributed by atoms with Gasteiger partial charge in [0.15, 0.2) is 0 Å². The second-order valence-electron chi connectivity index (χ2n) is 4.09. The summed E-state index contributed by atoms with van der Waals surface area (Å²) >= 11 is 0. The van der Waals surface area contributed by atoms with Crippen LogP contribution in [-0.2, 0) is 0 Å². The Morgan fingerprint density at radius 1 is 1.46 bits per heavy atom. The summed E-state index contributed by atoms with van der Waals surface area (Å²) < 4.78 is 0. The van der Waals surface area contributed by atoms with Crippen molar-refractivity contribution in [3.05, 3.63) is 0 Å². The van der Waals surface area contributed by atoms with Crippen LogP contribution in [0.5, 0.6) is 0 Å². The van der Waals surface area contributed by atoms with Gasteiger partial charge in [0.2, 0.25) is 0 Å². The van der Waals surface area contributed by atoms with Gasteiger partial charge in [0, 0.05) is 13.2 Å². The molecule has 1 saturated heterocycles. The Morgan fingerprint density at radius 3 is 2.54 bits per heavy atom. The first-order valence-electron chi connectivity index (χ1n) is 4.95. The van der Waals surface area contributed by atoms with Crippen molar-refractivity contribution in [3.8, 4) is 6.07 Å². The quantitative estimate of drug-likeness (QED) is 0.708. The molecule has 0 amide bonds. The lowest BCUT2D eigenvalue weighted by molar-refractivity contribution is 0.145. The first-order valence-corrected chi connectivity index (χ1v) is 4.95. The van der Waals surface area contributed by atoms with Crippen molar-refractivity contribution in [1.29, 1.82) is 5.26 Å². The molecule has 0 aliphatic carbocycles. The number of aliphatic hydroxyl groups is 1. The van der Waals surface area contributed by atoms with Crippen LogP contribution in [0.3, 0.4) is 0 Å². The average Bonchev–Trinajstić information content (AvgIpc) is 2.17. The Labute approximate surface area is 80.0 Å². The van der Waals surface area contributed by atoms with Gasteiger partial charge in [-0.25, -0.2) is 0 Å². The molecule has 1 heterocycles. The van der Waals surface area contributed by atoms with E-state index in [4.69, 9.17) is 10.4 Å². The van der Waals surface area contributed by atoms with Gasteiger partial charge in [-0.2, -0.15) is 5.26 Å². The van der Waals surface area contributed by atoms with E-state index in [1.807, 2.05) is 6.92 Å². The molecule has 0 aromatic rings. The zero-order valence-electron chi connectivity index (χ0n) is 8.29. The molecular weight excluding hydrogens is 164 g/mol. The monoisotopic (exact) mass is 182 g/mol. The van der Waals surface area contributed by atoms with E-state index in [9.17, 15) is 0 Å². The number of hydrogen-bond acceptors (Lipinski definition) is 3. The van der Waals surface area contributed by atoms with Crippen molar-refractivity contribution < 1.29 is 5.11 Å². The third-order valence-electron chi connectivity index (χ3n) is 2.86. The van der Waals surface area contributed by atoms with E-state index < -0.39 is 0 Å². The fraction of sp³-hybridized carbons (Fsp3) is 0.900. The van der Waals surface area contributed by atoms with Crippen molar-refractivity contribution in [2.24, 2.45) is 5.41 Å². The Kier molecular flexibility index (Phi) is 3.71. The molecule has 3 nitrogen and oxygen atoms in total. The molecule has 0 saturated carbocycles. The highest BCUT2D eigenvalue weighted by molar-refractivity contribution is 4.98. The molecular formula is C10H18N2O. The van der Waals surface area contributed by atoms with Gasteiger partial charge in [0.05, 0.1) is 11.5 Å². The Hall–Kier alpha value is -0.590. The number of nitrogens with zero attached hydrogens (tertiary/aromatic N) is 2. The molecule has 13 heavy (non-hydrogen) atoms. The van der Waals surface area contributed by atoms with Crippen molar-refractivity contribution in [3.63, 3.8) is 0 Å². The molecule has 0 spiro atoms. The van der Waals surface area contributed by atoms with Crippen molar-refractivity contribution >= 4 is 0 Å². The Bertz CT molecular complexity index is 190. The van der Waals surface area contributed by atoms with E-state index in [-0.39, 0.29) is 12.0 Å². The fourth-order valence-electron chi connectivity index (χ4n) is 1.68. The number of aliphatic hydroxyl groups excluding tert-OH is 1. The van der Waals surface area contributed by atoms with E-state index in [1.165, 1.54) is 0 Å². The summed E-state index contributed by atoms with van der Waals surface area (Å²) in [4.78, 5) is 2.33.